The van der Waals surface area contributed by atoms with Gasteiger partial charge in [0.25, 0.3) is 0 Å². The Morgan fingerprint density at radius 2 is 1.47 bits per heavy atom. The van der Waals surface area contributed by atoms with Gasteiger partial charge in [0, 0.05) is 0 Å². The zero-order valence-electron chi connectivity index (χ0n) is 6.88. The van der Waals surface area contributed by atoms with Gasteiger partial charge in [-0.2, -0.15) is 13.2 Å². The van der Waals surface area contributed by atoms with Gasteiger partial charge in [-0.25, -0.2) is 4.39 Å². The molecule has 0 bridgehead atoms. The van der Waals surface area contributed by atoms with E-state index in [1.54, 1.807) is 0 Å². The molecule has 84 valence electrons. The lowest BCUT2D eigenvalue weighted by molar-refractivity contribution is -0.128. The number of rotatable bonds is 1. The molecule has 0 N–H and O–H groups in total. The topological polar surface area (TPSA) is 0 Å². The second-order valence-corrected chi connectivity index (χ2v) is 5.33. The second kappa shape index (κ2) is 4.71. The molecule has 0 aliphatic rings. The highest BCUT2D eigenvalue weighted by molar-refractivity contribution is 9.11. The summed E-state index contributed by atoms with van der Waals surface area (Å²) in [7, 11) is 0. The number of benzene rings is 1. The van der Waals surface area contributed by atoms with Crippen LogP contribution in [0.1, 0.15) is 10.4 Å². The molecule has 0 aromatic heterocycles. The summed E-state index contributed by atoms with van der Waals surface area (Å²) in [5.41, 5.74) is -0.0670. The van der Waals surface area contributed by atoms with Crippen LogP contribution < -0.4 is 0 Å². The maximum absolute atomic E-state index is 13.1. The van der Waals surface area contributed by atoms with Crippen LogP contribution in [-0.2, 0) is 0 Å². The van der Waals surface area contributed by atoms with Gasteiger partial charge in [0.1, 0.15) is 4.83 Å². The standard InChI is InChI=1S/C8H3Br3F4/c9-4-1-3(2-5(10)6(4)12)7(11)8(13,14)15/h1-2,7H. The van der Waals surface area contributed by atoms with E-state index in [-0.39, 0.29) is 14.5 Å². The number of hydrogen-bond donors (Lipinski definition) is 0. The summed E-state index contributed by atoms with van der Waals surface area (Å²) < 4.78 is 50.0. The van der Waals surface area contributed by atoms with Gasteiger partial charge in [-0.1, -0.05) is 15.9 Å². The minimum absolute atomic E-state index is 0.0134. The summed E-state index contributed by atoms with van der Waals surface area (Å²) in [5, 5.41) is 0. The van der Waals surface area contributed by atoms with Crippen molar-refractivity contribution in [1.29, 1.82) is 0 Å². The first kappa shape index (κ1) is 13.4. The zero-order chi connectivity index (χ0) is 11.8. The average Bonchev–Trinajstić information content (AvgIpc) is 2.10. The highest BCUT2D eigenvalue weighted by Crippen LogP contribution is 2.41. The molecule has 15 heavy (non-hydrogen) atoms. The zero-order valence-corrected chi connectivity index (χ0v) is 11.6. The molecular formula is C8H3Br3F4. The monoisotopic (exact) mass is 412 g/mol. The Morgan fingerprint density at radius 3 is 1.80 bits per heavy atom. The largest absolute Gasteiger partial charge is 0.405 e. The van der Waals surface area contributed by atoms with E-state index in [4.69, 9.17) is 0 Å². The van der Waals surface area contributed by atoms with Crippen LogP contribution in [0.5, 0.6) is 0 Å². The molecule has 1 aromatic carbocycles. The SMILES string of the molecule is Fc1c(Br)cc(C(Br)C(F)(F)F)cc1Br. The van der Waals surface area contributed by atoms with Crippen molar-refractivity contribution in [2.75, 3.05) is 0 Å². The Hall–Kier alpha value is 0.380. The highest BCUT2D eigenvalue weighted by atomic mass is 79.9. The van der Waals surface area contributed by atoms with Crippen molar-refractivity contribution in [3.05, 3.63) is 32.5 Å². The molecular weight excluding hydrogens is 412 g/mol. The van der Waals surface area contributed by atoms with Crippen LogP contribution in [0.15, 0.2) is 21.1 Å². The van der Waals surface area contributed by atoms with Gasteiger partial charge in [-0.3, -0.25) is 0 Å². The smallest absolute Gasteiger partial charge is 0.205 e. The van der Waals surface area contributed by atoms with Crippen molar-refractivity contribution in [3.8, 4) is 0 Å². The van der Waals surface area contributed by atoms with Crippen molar-refractivity contribution < 1.29 is 17.6 Å². The number of hydrogen-bond acceptors (Lipinski definition) is 0. The maximum atomic E-state index is 13.1. The fourth-order valence-electron chi connectivity index (χ4n) is 0.910. The minimum atomic E-state index is -4.41. The van der Waals surface area contributed by atoms with E-state index in [1.807, 2.05) is 0 Å². The van der Waals surface area contributed by atoms with Gasteiger partial charge in [0.05, 0.1) is 8.95 Å². The summed E-state index contributed by atoms with van der Waals surface area (Å²) in [6.07, 6.45) is -4.41. The maximum Gasteiger partial charge on any atom is 0.405 e. The molecule has 0 amide bonds. The first-order chi connectivity index (χ1) is 6.73. The average molecular weight is 415 g/mol. The van der Waals surface area contributed by atoms with Gasteiger partial charge in [0.2, 0.25) is 0 Å². The molecule has 0 spiro atoms. The fourth-order valence-corrected chi connectivity index (χ4v) is 2.40. The lowest BCUT2D eigenvalue weighted by atomic mass is 10.1. The van der Waals surface area contributed by atoms with Crippen LogP contribution in [0.3, 0.4) is 0 Å². The molecule has 1 rings (SSSR count). The third-order valence-corrected chi connectivity index (χ3v) is 3.79. The molecule has 7 heteroatoms. The third kappa shape index (κ3) is 3.17. The van der Waals surface area contributed by atoms with Crippen LogP contribution in [-0.4, -0.2) is 6.18 Å². The Kier molecular flexibility index (Phi) is 4.22. The summed E-state index contributed by atoms with van der Waals surface area (Å²) >= 11 is 8.19. The van der Waals surface area contributed by atoms with E-state index >= 15 is 0 Å². The predicted octanol–water partition coefficient (Wildman–Crippen LogP) is 5.35. The second-order valence-electron chi connectivity index (χ2n) is 2.70. The molecule has 0 saturated heterocycles. The van der Waals surface area contributed by atoms with Gasteiger partial charge in [-0.05, 0) is 49.6 Å². The summed E-state index contributed by atoms with van der Waals surface area (Å²) in [6.45, 7) is 0. The fraction of sp³-hybridized carbons (Fsp3) is 0.250. The normalized spacial score (nSPS) is 14.1. The molecule has 0 nitrogen and oxygen atoms in total. The molecule has 0 aliphatic carbocycles. The van der Waals surface area contributed by atoms with Gasteiger partial charge < -0.3 is 0 Å². The van der Waals surface area contributed by atoms with E-state index in [2.05, 4.69) is 47.8 Å². The van der Waals surface area contributed by atoms with E-state index in [0.29, 0.717) is 0 Å². The van der Waals surface area contributed by atoms with E-state index < -0.39 is 16.8 Å². The van der Waals surface area contributed by atoms with Crippen molar-refractivity contribution in [2.24, 2.45) is 0 Å². The predicted molar refractivity (Wildman–Crippen MR) is 59.5 cm³/mol. The molecule has 1 atom stereocenters. The van der Waals surface area contributed by atoms with Crippen LogP contribution in [0.25, 0.3) is 0 Å². The Morgan fingerprint density at radius 1 is 1.07 bits per heavy atom. The van der Waals surface area contributed by atoms with Crippen LogP contribution in [0.4, 0.5) is 17.6 Å². The van der Waals surface area contributed by atoms with Crippen molar-refractivity contribution in [1.82, 2.24) is 0 Å². The Labute approximate surface area is 108 Å². The number of halogens is 7. The Balaban J connectivity index is 3.17. The van der Waals surface area contributed by atoms with Crippen LogP contribution in [0, 0.1) is 5.82 Å². The van der Waals surface area contributed by atoms with Gasteiger partial charge in [-0.15, -0.1) is 0 Å². The van der Waals surface area contributed by atoms with E-state index in [0.717, 1.165) is 12.1 Å². The molecule has 0 saturated carbocycles. The van der Waals surface area contributed by atoms with Crippen LogP contribution in [0.2, 0.25) is 0 Å². The summed E-state index contributed by atoms with van der Waals surface area (Å²) in [4.78, 5) is -1.81. The minimum Gasteiger partial charge on any atom is -0.205 e. The molecule has 0 heterocycles. The summed E-state index contributed by atoms with van der Waals surface area (Å²) in [5.74, 6) is -0.624. The van der Waals surface area contributed by atoms with Crippen molar-refractivity contribution >= 4 is 47.8 Å². The van der Waals surface area contributed by atoms with Gasteiger partial charge >= 0.3 is 6.18 Å². The summed E-state index contributed by atoms with van der Waals surface area (Å²) in [6, 6.07) is 2.18. The molecule has 1 aromatic rings. The van der Waals surface area contributed by atoms with E-state index in [9.17, 15) is 17.6 Å². The quantitative estimate of drug-likeness (QED) is 0.330. The van der Waals surface area contributed by atoms with Gasteiger partial charge in [0.15, 0.2) is 5.82 Å². The van der Waals surface area contributed by atoms with Crippen molar-refractivity contribution in [2.45, 2.75) is 11.0 Å². The highest BCUT2D eigenvalue weighted by Gasteiger charge is 2.39. The number of alkyl halides is 4. The van der Waals surface area contributed by atoms with Crippen molar-refractivity contribution in [3.63, 3.8) is 0 Å². The molecule has 1 unspecified atom stereocenters. The molecule has 0 radical (unpaired) electrons. The van der Waals surface area contributed by atoms with E-state index in [1.165, 1.54) is 0 Å². The van der Waals surface area contributed by atoms with Crippen LogP contribution >= 0.6 is 47.8 Å². The lowest BCUT2D eigenvalue weighted by Gasteiger charge is -2.15. The first-order valence-electron chi connectivity index (χ1n) is 3.58. The molecule has 0 fully saturated rings. The molecule has 0 aliphatic heterocycles. The third-order valence-electron chi connectivity index (χ3n) is 1.59. The first-order valence-corrected chi connectivity index (χ1v) is 6.09. The lowest BCUT2D eigenvalue weighted by Crippen LogP contribution is -2.15. The Bertz CT molecular complexity index is 352.